The van der Waals surface area contributed by atoms with Gasteiger partial charge in [-0.25, -0.2) is 0 Å². The molecule has 3 heteroatoms. The molecule has 2 aromatic carbocycles. The smallest absolute Gasteiger partial charge is 0.0713 e. The minimum Gasteiger partial charge on any atom is -0.380 e. The summed E-state index contributed by atoms with van der Waals surface area (Å²) in [6, 6.07) is 17.1. The van der Waals surface area contributed by atoms with E-state index in [4.69, 9.17) is 4.74 Å². The van der Waals surface area contributed by atoms with Crippen LogP contribution in [-0.4, -0.2) is 7.11 Å². The molecule has 0 fully saturated rings. The molecule has 2 aromatic rings. The first-order valence-corrected chi connectivity index (χ1v) is 7.54. The van der Waals surface area contributed by atoms with Gasteiger partial charge in [0.15, 0.2) is 0 Å². The predicted octanol–water partition coefficient (Wildman–Crippen LogP) is 4.45. The standard InChI is InChI=1S/C17H20BrNO/c1-13(16-8-3-4-9-17(16)18)19-11-14-6-5-7-15(10-14)12-20-2/h3-10,13,19H,11-12H2,1-2H3/t13-/m0/s1. The first kappa shape index (κ1) is 15.2. The molecule has 0 radical (unpaired) electrons. The summed E-state index contributed by atoms with van der Waals surface area (Å²) in [6.07, 6.45) is 0. The fourth-order valence-corrected chi connectivity index (χ4v) is 2.83. The fraction of sp³-hybridized carbons (Fsp3) is 0.294. The molecule has 0 aliphatic carbocycles. The van der Waals surface area contributed by atoms with Crippen LogP contribution in [0.3, 0.4) is 0 Å². The van der Waals surface area contributed by atoms with Crippen molar-refractivity contribution in [2.45, 2.75) is 26.1 Å². The zero-order chi connectivity index (χ0) is 14.4. The van der Waals surface area contributed by atoms with Gasteiger partial charge in [0.25, 0.3) is 0 Å². The number of rotatable bonds is 6. The van der Waals surface area contributed by atoms with Crippen LogP contribution in [0, 0.1) is 0 Å². The number of nitrogens with one attached hydrogen (secondary N) is 1. The van der Waals surface area contributed by atoms with Crippen LogP contribution < -0.4 is 5.32 Å². The highest BCUT2D eigenvalue weighted by Gasteiger charge is 2.08. The zero-order valence-electron chi connectivity index (χ0n) is 11.9. The van der Waals surface area contributed by atoms with Crippen molar-refractivity contribution in [1.82, 2.24) is 5.32 Å². The maximum Gasteiger partial charge on any atom is 0.0713 e. The Morgan fingerprint density at radius 3 is 2.60 bits per heavy atom. The highest BCUT2D eigenvalue weighted by atomic mass is 79.9. The van der Waals surface area contributed by atoms with E-state index < -0.39 is 0 Å². The number of hydrogen-bond donors (Lipinski definition) is 1. The molecule has 0 heterocycles. The molecule has 2 nitrogen and oxygen atoms in total. The van der Waals surface area contributed by atoms with Crippen LogP contribution in [0.25, 0.3) is 0 Å². The first-order chi connectivity index (χ1) is 9.70. The number of ether oxygens (including phenoxy) is 1. The van der Waals surface area contributed by atoms with Gasteiger partial charge in [-0.15, -0.1) is 0 Å². The van der Waals surface area contributed by atoms with Gasteiger partial charge >= 0.3 is 0 Å². The van der Waals surface area contributed by atoms with Crippen molar-refractivity contribution >= 4 is 15.9 Å². The molecule has 0 aliphatic rings. The van der Waals surface area contributed by atoms with Gasteiger partial charge in [0.1, 0.15) is 0 Å². The van der Waals surface area contributed by atoms with Crippen molar-refractivity contribution in [3.63, 3.8) is 0 Å². The maximum absolute atomic E-state index is 5.17. The van der Waals surface area contributed by atoms with Gasteiger partial charge in [-0.3, -0.25) is 0 Å². The van der Waals surface area contributed by atoms with Crippen LogP contribution in [-0.2, 0) is 17.9 Å². The average Bonchev–Trinajstić information content (AvgIpc) is 2.46. The molecule has 20 heavy (non-hydrogen) atoms. The quantitative estimate of drug-likeness (QED) is 0.843. The Kier molecular flexibility index (Phi) is 5.77. The van der Waals surface area contributed by atoms with Crippen LogP contribution in [0.5, 0.6) is 0 Å². The van der Waals surface area contributed by atoms with Crippen molar-refractivity contribution in [2.75, 3.05) is 7.11 Å². The van der Waals surface area contributed by atoms with E-state index >= 15 is 0 Å². The number of methoxy groups -OCH3 is 1. The molecule has 0 amide bonds. The van der Waals surface area contributed by atoms with Crippen LogP contribution >= 0.6 is 15.9 Å². The largest absolute Gasteiger partial charge is 0.380 e. The molecule has 1 N–H and O–H groups in total. The molecular formula is C17H20BrNO. The van der Waals surface area contributed by atoms with Crippen LogP contribution in [0.2, 0.25) is 0 Å². The van der Waals surface area contributed by atoms with E-state index in [0.29, 0.717) is 12.6 Å². The summed E-state index contributed by atoms with van der Waals surface area (Å²) >= 11 is 3.60. The molecule has 106 valence electrons. The lowest BCUT2D eigenvalue weighted by molar-refractivity contribution is 0.185. The van der Waals surface area contributed by atoms with Gasteiger partial charge in [0, 0.05) is 24.2 Å². The molecule has 1 atom stereocenters. The number of hydrogen-bond acceptors (Lipinski definition) is 2. The highest BCUT2D eigenvalue weighted by Crippen LogP contribution is 2.23. The van der Waals surface area contributed by atoms with E-state index in [1.807, 2.05) is 6.07 Å². The summed E-state index contributed by atoms with van der Waals surface area (Å²) in [5.74, 6) is 0. The summed E-state index contributed by atoms with van der Waals surface area (Å²) in [5, 5.41) is 3.55. The maximum atomic E-state index is 5.17. The molecule has 0 spiro atoms. The topological polar surface area (TPSA) is 21.3 Å². The Hall–Kier alpha value is -1.16. The lowest BCUT2D eigenvalue weighted by Crippen LogP contribution is -2.18. The molecule has 0 bridgehead atoms. The number of benzene rings is 2. The van der Waals surface area contributed by atoms with Crippen LogP contribution in [0.4, 0.5) is 0 Å². The van der Waals surface area contributed by atoms with E-state index in [0.717, 1.165) is 11.0 Å². The summed E-state index contributed by atoms with van der Waals surface area (Å²) in [6.45, 7) is 3.69. The van der Waals surface area contributed by atoms with Gasteiger partial charge < -0.3 is 10.1 Å². The molecular weight excluding hydrogens is 314 g/mol. The Labute approximate surface area is 129 Å². The lowest BCUT2D eigenvalue weighted by Gasteiger charge is -2.16. The normalized spacial score (nSPS) is 12.3. The minimum absolute atomic E-state index is 0.302. The second-order valence-electron chi connectivity index (χ2n) is 4.88. The summed E-state index contributed by atoms with van der Waals surface area (Å²) in [4.78, 5) is 0. The second kappa shape index (κ2) is 7.58. The van der Waals surface area contributed by atoms with Crippen LogP contribution in [0.1, 0.15) is 29.7 Å². The third kappa shape index (κ3) is 4.17. The van der Waals surface area contributed by atoms with Crippen LogP contribution in [0.15, 0.2) is 53.0 Å². The Balaban J connectivity index is 1.98. The summed E-state index contributed by atoms with van der Waals surface area (Å²) in [7, 11) is 1.72. The van der Waals surface area contributed by atoms with E-state index in [1.165, 1.54) is 16.7 Å². The fourth-order valence-electron chi connectivity index (χ4n) is 2.20. The van der Waals surface area contributed by atoms with Gasteiger partial charge in [0.05, 0.1) is 6.61 Å². The monoisotopic (exact) mass is 333 g/mol. The molecule has 0 saturated carbocycles. The molecule has 2 rings (SSSR count). The van der Waals surface area contributed by atoms with E-state index in [-0.39, 0.29) is 0 Å². The van der Waals surface area contributed by atoms with Crippen molar-refractivity contribution in [1.29, 1.82) is 0 Å². The Morgan fingerprint density at radius 1 is 1.10 bits per heavy atom. The van der Waals surface area contributed by atoms with Crippen molar-refractivity contribution in [3.05, 3.63) is 69.7 Å². The van der Waals surface area contributed by atoms with Crippen molar-refractivity contribution in [2.24, 2.45) is 0 Å². The third-order valence-corrected chi connectivity index (χ3v) is 4.01. The van der Waals surface area contributed by atoms with Gasteiger partial charge in [-0.2, -0.15) is 0 Å². The van der Waals surface area contributed by atoms with Crippen molar-refractivity contribution < 1.29 is 4.74 Å². The minimum atomic E-state index is 0.302. The lowest BCUT2D eigenvalue weighted by atomic mass is 10.1. The molecule has 0 aliphatic heterocycles. The second-order valence-corrected chi connectivity index (χ2v) is 5.73. The van der Waals surface area contributed by atoms with E-state index in [9.17, 15) is 0 Å². The van der Waals surface area contributed by atoms with Gasteiger partial charge in [-0.05, 0) is 29.7 Å². The van der Waals surface area contributed by atoms with Gasteiger partial charge in [-0.1, -0.05) is 58.4 Å². The molecule has 0 aromatic heterocycles. The Bertz CT molecular complexity index is 556. The predicted molar refractivity (Wildman–Crippen MR) is 86.6 cm³/mol. The highest BCUT2D eigenvalue weighted by molar-refractivity contribution is 9.10. The molecule has 0 unspecified atom stereocenters. The SMILES string of the molecule is COCc1cccc(CN[C@@H](C)c2ccccc2Br)c1. The third-order valence-electron chi connectivity index (χ3n) is 3.29. The average molecular weight is 334 g/mol. The first-order valence-electron chi connectivity index (χ1n) is 6.75. The van der Waals surface area contributed by atoms with Gasteiger partial charge in [0.2, 0.25) is 0 Å². The van der Waals surface area contributed by atoms with E-state index in [1.54, 1.807) is 7.11 Å². The molecule has 0 saturated heterocycles. The zero-order valence-corrected chi connectivity index (χ0v) is 13.5. The Morgan fingerprint density at radius 2 is 1.85 bits per heavy atom. The summed E-state index contributed by atoms with van der Waals surface area (Å²) < 4.78 is 6.31. The van der Waals surface area contributed by atoms with E-state index in [2.05, 4.69) is 70.6 Å². The van der Waals surface area contributed by atoms with Crippen molar-refractivity contribution in [3.8, 4) is 0 Å². The summed E-state index contributed by atoms with van der Waals surface area (Å²) in [5.41, 5.74) is 3.76. The number of halogens is 1.